The first-order chi connectivity index (χ1) is 18.7. The van der Waals surface area contributed by atoms with Crippen molar-refractivity contribution in [3.8, 4) is 0 Å². The molecule has 2 atom stereocenters. The van der Waals surface area contributed by atoms with Gasteiger partial charge >= 0.3 is 0 Å². The molecule has 0 aliphatic rings. The van der Waals surface area contributed by atoms with Gasteiger partial charge in [-0.05, 0) is 32.1 Å². The van der Waals surface area contributed by atoms with Gasteiger partial charge in [0.25, 0.3) is 0 Å². The highest BCUT2D eigenvalue weighted by Gasteiger charge is 2.17. The Kier molecular flexibility index (Phi) is 29.5. The monoisotopic (exact) mass is 535 g/mol. The van der Waals surface area contributed by atoms with Gasteiger partial charge in [-0.25, -0.2) is 0 Å². The van der Waals surface area contributed by atoms with Gasteiger partial charge in [-0.15, -0.1) is 0 Å². The molecule has 0 unspecified atom stereocenters. The van der Waals surface area contributed by atoms with Crippen LogP contribution in [0.3, 0.4) is 0 Å². The zero-order valence-electron chi connectivity index (χ0n) is 25.4. The molecule has 0 aliphatic carbocycles. The van der Waals surface area contributed by atoms with Crippen LogP contribution in [-0.2, 0) is 4.79 Å². The zero-order chi connectivity index (χ0) is 27.9. The first-order valence-electron chi connectivity index (χ1n) is 16.6. The third-order valence-electron chi connectivity index (χ3n) is 7.44. The number of amides is 1. The van der Waals surface area contributed by atoms with Crippen LogP contribution >= 0.6 is 0 Å². The van der Waals surface area contributed by atoms with Gasteiger partial charge in [0, 0.05) is 6.42 Å². The van der Waals surface area contributed by atoms with Crippen LogP contribution in [0.4, 0.5) is 0 Å². The first-order valence-corrected chi connectivity index (χ1v) is 16.6. The maximum absolute atomic E-state index is 12.2. The van der Waals surface area contributed by atoms with Gasteiger partial charge in [-0.1, -0.05) is 154 Å². The van der Waals surface area contributed by atoms with Crippen molar-refractivity contribution >= 4 is 5.91 Å². The normalized spacial score (nSPS) is 13.5. The maximum atomic E-state index is 12.2. The summed E-state index contributed by atoms with van der Waals surface area (Å²) in [6.45, 7) is 4.26. The quantitative estimate of drug-likeness (QED) is 0.0660. The van der Waals surface area contributed by atoms with E-state index in [1.165, 1.54) is 116 Å². The van der Waals surface area contributed by atoms with E-state index in [1.54, 1.807) is 6.08 Å². The van der Waals surface area contributed by atoms with Crippen LogP contribution in [0.1, 0.15) is 168 Å². The van der Waals surface area contributed by atoms with Crippen molar-refractivity contribution in [3.63, 3.8) is 0 Å². The van der Waals surface area contributed by atoms with Crippen LogP contribution in [0.2, 0.25) is 0 Å². The molecular weight excluding hydrogens is 470 g/mol. The van der Waals surface area contributed by atoms with E-state index in [0.29, 0.717) is 6.42 Å². The van der Waals surface area contributed by atoms with Gasteiger partial charge < -0.3 is 15.5 Å². The molecule has 0 fully saturated rings. The predicted octanol–water partition coefficient (Wildman–Crippen LogP) is 9.34. The van der Waals surface area contributed by atoms with Gasteiger partial charge in [0.05, 0.1) is 18.8 Å². The topological polar surface area (TPSA) is 69.6 Å². The number of nitrogens with one attached hydrogen (secondary N) is 1. The third-order valence-corrected chi connectivity index (χ3v) is 7.44. The molecule has 0 aromatic rings. The number of carbonyl (C=O) groups excluding carboxylic acids is 1. The lowest BCUT2D eigenvalue weighted by atomic mass is 10.0. The standard InChI is InChI=1S/C34H65NO3/c1-3-5-7-9-11-13-15-17-19-21-23-25-27-29-33(37)32(31-36)35-34(38)30-28-26-24-22-20-18-16-14-12-10-8-6-4-2/h19,21,27,29,32-33,36-37H,3-18,20,22-26,28,30-31H2,1-2H3,(H,35,38)/b21-19+,29-27+/t32-,33-/m0/s1. The molecule has 1 amide bonds. The molecule has 4 nitrogen and oxygen atoms in total. The summed E-state index contributed by atoms with van der Waals surface area (Å²) in [6.07, 6.45) is 36.8. The molecule has 3 N–H and O–H groups in total. The summed E-state index contributed by atoms with van der Waals surface area (Å²) in [7, 11) is 0. The minimum absolute atomic E-state index is 0.0760. The smallest absolute Gasteiger partial charge is 0.220 e. The second-order valence-corrected chi connectivity index (χ2v) is 11.2. The number of unbranched alkanes of at least 4 members (excludes halogenated alkanes) is 20. The Bertz CT molecular complexity index is 546. The molecule has 0 aromatic carbocycles. The molecule has 0 bridgehead atoms. The van der Waals surface area contributed by atoms with Crippen molar-refractivity contribution < 1.29 is 15.0 Å². The van der Waals surface area contributed by atoms with E-state index >= 15 is 0 Å². The SMILES string of the molecule is CCCCCCCCC/C=C/CC/C=C/[C@H](O)[C@H](CO)NC(=O)CCCCCCCCCCCCCCC. The Hall–Kier alpha value is -1.13. The van der Waals surface area contributed by atoms with Crippen LogP contribution in [0, 0.1) is 0 Å². The Labute approximate surface area is 237 Å². The summed E-state index contributed by atoms with van der Waals surface area (Å²) in [5.41, 5.74) is 0. The van der Waals surface area contributed by atoms with Gasteiger partial charge in [0.15, 0.2) is 0 Å². The number of rotatable bonds is 29. The van der Waals surface area contributed by atoms with Crippen molar-refractivity contribution in [2.24, 2.45) is 0 Å². The summed E-state index contributed by atoms with van der Waals surface area (Å²) >= 11 is 0. The lowest BCUT2D eigenvalue weighted by Crippen LogP contribution is -2.45. The Balaban J connectivity index is 3.70. The summed E-state index contributed by atoms with van der Waals surface area (Å²) in [4.78, 5) is 12.2. The van der Waals surface area contributed by atoms with Gasteiger partial charge in [0.2, 0.25) is 5.91 Å². The van der Waals surface area contributed by atoms with E-state index in [2.05, 4.69) is 31.3 Å². The molecule has 0 saturated heterocycles. The molecule has 0 aromatic heterocycles. The van der Waals surface area contributed by atoms with Crippen molar-refractivity contribution in [2.75, 3.05) is 6.61 Å². The van der Waals surface area contributed by atoms with Crippen LogP contribution < -0.4 is 5.32 Å². The lowest BCUT2D eigenvalue weighted by Gasteiger charge is -2.19. The van der Waals surface area contributed by atoms with Crippen LogP contribution in [-0.4, -0.2) is 34.9 Å². The number of carbonyl (C=O) groups is 1. The highest BCUT2D eigenvalue weighted by atomic mass is 16.3. The van der Waals surface area contributed by atoms with Gasteiger partial charge in [-0.2, -0.15) is 0 Å². The van der Waals surface area contributed by atoms with E-state index in [9.17, 15) is 15.0 Å². The van der Waals surface area contributed by atoms with E-state index in [0.717, 1.165) is 32.1 Å². The Morgan fingerprint density at radius 1 is 0.605 bits per heavy atom. The predicted molar refractivity (Wildman–Crippen MR) is 165 cm³/mol. The summed E-state index contributed by atoms with van der Waals surface area (Å²) in [5, 5.41) is 22.8. The highest BCUT2D eigenvalue weighted by molar-refractivity contribution is 5.76. The van der Waals surface area contributed by atoms with Crippen LogP contribution in [0.5, 0.6) is 0 Å². The molecule has 0 saturated carbocycles. The van der Waals surface area contributed by atoms with E-state index in [-0.39, 0.29) is 12.5 Å². The molecule has 224 valence electrons. The minimum atomic E-state index is -0.854. The number of hydrogen-bond donors (Lipinski definition) is 3. The average Bonchev–Trinajstić information content (AvgIpc) is 2.92. The second kappa shape index (κ2) is 30.4. The third kappa shape index (κ3) is 26.5. The van der Waals surface area contributed by atoms with E-state index < -0.39 is 12.1 Å². The van der Waals surface area contributed by atoms with Crippen molar-refractivity contribution in [3.05, 3.63) is 24.3 Å². The molecular formula is C34H65NO3. The number of allylic oxidation sites excluding steroid dienone is 3. The number of aliphatic hydroxyl groups is 2. The summed E-state index contributed by atoms with van der Waals surface area (Å²) in [6, 6.07) is -0.631. The second-order valence-electron chi connectivity index (χ2n) is 11.2. The van der Waals surface area contributed by atoms with Gasteiger partial charge in [0.1, 0.15) is 0 Å². The molecule has 0 radical (unpaired) electrons. The molecule has 0 rings (SSSR count). The molecule has 0 aliphatic heterocycles. The fourth-order valence-electron chi connectivity index (χ4n) is 4.84. The maximum Gasteiger partial charge on any atom is 0.220 e. The van der Waals surface area contributed by atoms with E-state index in [1.807, 2.05) is 6.08 Å². The Morgan fingerprint density at radius 2 is 1.03 bits per heavy atom. The first kappa shape index (κ1) is 36.9. The van der Waals surface area contributed by atoms with Crippen molar-refractivity contribution in [1.82, 2.24) is 5.32 Å². The fourth-order valence-corrected chi connectivity index (χ4v) is 4.84. The van der Waals surface area contributed by atoms with Crippen molar-refractivity contribution in [1.29, 1.82) is 0 Å². The molecule has 0 spiro atoms. The van der Waals surface area contributed by atoms with Crippen molar-refractivity contribution in [2.45, 2.75) is 180 Å². The highest BCUT2D eigenvalue weighted by Crippen LogP contribution is 2.13. The fraction of sp³-hybridized carbons (Fsp3) is 0.853. The molecule has 38 heavy (non-hydrogen) atoms. The van der Waals surface area contributed by atoms with E-state index in [4.69, 9.17) is 0 Å². The summed E-state index contributed by atoms with van der Waals surface area (Å²) in [5.74, 6) is -0.0760. The van der Waals surface area contributed by atoms with Crippen LogP contribution in [0.25, 0.3) is 0 Å². The number of hydrogen-bond acceptors (Lipinski definition) is 3. The zero-order valence-corrected chi connectivity index (χ0v) is 25.4. The van der Waals surface area contributed by atoms with Gasteiger partial charge in [-0.3, -0.25) is 4.79 Å². The molecule has 0 heterocycles. The lowest BCUT2D eigenvalue weighted by molar-refractivity contribution is -0.123. The molecule has 4 heteroatoms. The Morgan fingerprint density at radius 3 is 1.53 bits per heavy atom. The minimum Gasteiger partial charge on any atom is -0.394 e. The largest absolute Gasteiger partial charge is 0.394 e. The average molecular weight is 536 g/mol. The number of aliphatic hydroxyl groups excluding tert-OH is 2. The summed E-state index contributed by atoms with van der Waals surface area (Å²) < 4.78 is 0. The van der Waals surface area contributed by atoms with Crippen LogP contribution in [0.15, 0.2) is 24.3 Å².